The number of amides is 1. The summed E-state index contributed by atoms with van der Waals surface area (Å²) in [6, 6.07) is 7.53. The summed E-state index contributed by atoms with van der Waals surface area (Å²) >= 11 is 5.94. The van der Waals surface area contributed by atoms with Crippen LogP contribution in [0.3, 0.4) is 0 Å². The number of carbonyl (C=O) groups is 2. The molecule has 1 aromatic carbocycles. The van der Waals surface area contributed by atoms with Crippen LogP contribution in [0.5, 0.6) is 0 Å². The molecule has 3 aliphatic carbocycles. The van der Waals surface area contributed by atoms with E-state index in [2.05, 4.69) is 5.32 Å². The average molecular weight is 334 g/mol. The summed E-state index contributed by atoms with van der Waals surface area (Å²) in [7, 11) is 0. The van der Waals surface area contributed by atoms with Crippen molar-refractivity contribution < 1.29 is 14.7 Å². The first-order chi connectivity index (χ1) is 11.1. The fourth-order valence-electron chi connectivity index (χ4n) is 3.83. The molecule has 23 heavy (non-hydrogen) atoms. The molecule has 1 amide bonds. The number of benzene rings is 1. The highest BCUT2D eigenvalue weighted by Gasteiger charge is 2.47. The molecule has 4 atom stereocenters. The van der Waals surface area contributed by atoms with Crippen molar-refractivity contribution in [3.63, 3.8) is 0 Å². The Morgan fingerprint density at radius 1 is 1.17 bits per heavy atom. The van der Waals surface area contributed by atoms with Gasteiger partial charge in [0.05, 0.1) is 11.8 Å². The van der Waals surface area contributed by atoms with Crippen molar-refractivity contribution in [1.82, 2.24) is 5.32 Å². The lowest BCUT2D eigenvalue weighted by atomic mass is 9.62. The third-order valence-electron chi connectivity index (χ3n) is 4.94. The lowest BCUT2D eigenvalue weighted by molar-refractivity contribution is -0.152. The van der Waals surface area contributed by atoms with Gasteiger partial charge >= 0.3 is 5.97 Å². The number of hydrogen-bond donors (Lipinski definition) is 2. The lowest BCUT2D eigenvalue weighted by Crippen LogP contribution is -2.49. The van der Waals surface area contributed by atoms with Crippen molar-refractivity contribution in [2.45, 2.75) is 19.3 Å². The number of rotatable bonds is 5. The maximum absolute atomic E-state index is 12.5. The van der Waals surface area contributed by atoms with E-state index in [0.29, 0.717) is 18.0 Å². The van der Waals surface area contributed by atoms with E-state index < -0.39 is 17.8 Å². The number of nitrogens with one attached hydrogen (secondary N) is 1. The van der Waals surface area contributed by atoms with Gasteiger partial charge in [0.2, 0.25) is 5.91 Å². The molecule has 1 aromatic rings. The predicted octanol–water partition coefficient (Wildman–Crippen LogP) is 2.91. The second kappa shape index (κ2) is 6.75. The van der Waals surface area contributed by atoms with Crippen molar-refractivity contribution in [1.29, 1.82) is 0 Å². The zero-order valence-electron chi connectivity index (χ0n) is 12.7. The molecule has 5 heteroatoms. The van der Waals surface area contributed by atoms with Gasteiger partial charge in [-0.05, 0) is 48.8 Å². The summed E-state index contributed by atoms with van der Waals surface area (Å²) in [5, 5.41) is 13.1. The van der Waals surface area contributed by atoms with Crippen LogP contribution in [0, 0.1) is 23.7 Å². The van der Waals surface area contributed by atoms with Crippen molar-refractivity contribution in [3.8, 4) is 0 Å². The Labute approximate surface area is 140 Å². The van der Waals surface area contributed by atoms with E-state index in [1.165, 1.54) is 0 Å². The molecule has 0 spiro atoms. The SMILES string of the molecule is O=C(O)[C@H]1[C@H](C(=O)NCCc2cccc(Cl)c2)[C@H]2C=C[C@H]1CC2. The summed E-state index contributed by atoms with van der Waals surface area (Å²) in [4.78, 5) is 24.1. The number of carboxylic acid groups (broad SMARTS) is 1. The normalized spacial score (nSPS) is 28.6. The maximum atomic E-state index is 12.5. The molecule has 4 rings (SSSR count). The van der Waals surface area contributed by atoms with Gasteiger partial charge in [-0.1, -0.05) is 35.9 Å². The molecule has 1 saturated carbocycles. The second-order valence-corrected chi connectivity index (χ2v) is 6.79. The minimum atomic E-state index is -0.862. The van der Waals surface area contributed by atoms with Gasteiger partial charge in [-0.2, -0.15) is 0 Å². The fraction of sp³-hybridized carbons (Fsp3) is 0.444. The summed E-state index contributed by atoms with van der Waals surface area (Å²) in [5.41, 5.74) is 1.05. The molecular formula is C18H20ClNO3. The van der Waals surface area contributed by atoms with E-state index >= 15 is 0 Å². The van der Waals surface area contributed by atoms with E-state index in [1.54, 1.807) is 0 Å². The van der Waals surface area contributed by atoms with Crippen LogP contribution < -0.4 is 5.32 Å². The number of fused-ring (bicyclic) bond motifs is 2. The van der Waals surface area contributed by atoms with Crippen LogP contribution in [0.4, 0.5) is 0 Å². The first-order valence-corrected chi connectivity index (χ1v) is 8.37. The third kappa shape index (κ3) is 3.42. The predicted molar refractivity (Wildman–Crippen MR) is 88.1 cm³/mol. The van der Waals surface area contributed by atoms with Gasteiger partial charge in [-0.3, -0.25) is 9.59 Å². The zero-order valence-corrected chi connectivity index (χ0v) is 13.5. The van der Waals surface area contributed by atoms with Gasteiger partial charge < -0.3 is 10.4 Å². The number of aliphatic carboxylic acids is 1. The number of halogens is 1. The molecule has 0 saturated heterocycles. The van der Waals surface area contributed by atoms with E-state index in [1.807, 2.05) is 36.4 Å². The third-order valence-corrected chi connectivity index (χ3v) is 5.17. The number of carboxylic acids is 1. The Kier molecular flexibility index (Phi) is 4.71. The van der Waals surface area contributed by atoms with Gasteiger partial charge in [0.1, 0.15) is 0 Å². The lowest BCUT2D eigenvalue weighted by Gasteiger charge is -2.41. The summed E-state index contributed by atoms with van der Waals surface area (Å²) in [5.74, 6) is -2.01. The smallest absolute Gasteiger partial charge is 0.307 e. The Morgan fingerprint density at radius 2 is 1.87 bits per heavy atom. The van der Waals surface area contributed by atoms with Gasteiger partial charge in [0, 0.05) is 11.6 Å². The molecule has 0 aliphatic heterocycles. The Morgan fingerprint density at radius 3 is 2.48 bits per heavy atom. The van der Waals surface area contributed by atoms with Crippen LogP contribution >= 0.6 is 11.6 Å². The minimum Gasteiger partial charge on any atom is -0.481 e. The average Bonchev–Trinajstić information content (AvgIpc) is 2.55. The summed E-state index contributed by atoms with van der Waals surface area (Å²) < 4.78 is 0. The summed E-state index contributed by atoms with van der Waals surface area (Å²) in [6.45, 7) is 0.489. The first-order valence-electron chi connectivity index (χ1n) is 7.99. The number of hydrogen-bond acceptors (Lipinski definition) is 2. The fourth-order valence-corrected chi connectivity index (χ4v) is 4.04. The highest BCUT2D eigenvalue weighted by molar-refractivity contribution is 6.30. The molecule has 0 aromatic heterocycles. The van der Waals surface area contributed by atoms with Crippen LogP contribution in [-0.4, -0.2) is 23.5 Å². The van der Waals surface area contributed by atoms with Gasteiger partial charge in [0.25, 0.3) is 0 Å². The van der Waals surface area contributed by atoms with Crippen molar-refractivity contribution in [2.24, 2.45) is 23.7 Å². The van der Waals surface area contributed by atoms with E-state index in [9.17, 15) is 14.7 Å². The molecule has 1 fully saturated rings. The standard InChI is InChI=1S/C18H20ClNO3/c19-14-3-1-2-11(10-14)8-9-20-17(21)15-12-4-6-13(7-5-12)16(15)18(22)23/h1-4,6,10,12-13,15-16H,5,7-9H2,(H,20,21)(H,22,23)/t12-,13-,15+,16+/m0/s1. The first kappa shape index (κ1) is 16.1. The molecule has 0 unspecified atom stereocenters. The molecule has 122 valence electrons. The van der Waals surface area contributed by atoms with E-state index in [-0.39, 0.29) is 17.7 Å². The minimum absolute atomic E-state index is 0.0128. The Hall–Kier alpha value is -1.81. The van der Waals surface area contributed by atoms with Crippen molar-refractivity contribution in [2.75, 3.05) is 6.54 Å². The quantitative estimate of drug-likeness (QED) is 0.814. The molecular weight excluding hydrogens is 314 g/mol. The molecule has 3 aliphatic rings. The number of carbonyl (C=O) groups excluding carboxylic acids is 1. The van der Waals surface area contributed by atoms with Gasteiger partial charge in [-0.25, -0.2) is 0 Å². The van der Waals surface area contributed by atoms with E-state index in [4.69, 9.17) is 11.6 Å². The number of allylic oxidation sites excluding steroid dienone is 2. The van der Waals surface area contributed by atoms with Crippen LogP contribution in [-0.2, 0) is 16.0 Å². The van der Waals surface area contributed by atoms with Crippen molar-refractivity contribution >= 4 is 23.5 Å². The van der Waals surface area contributed by atoms with Crippen LogP contribution in [0.25, 0.3) is 0 Å². The van der Waals surface area contributed by atoms with Gasteiger partial charge in [-0.15, -0.1) is 0 Å². The Bertz CT molecular complexity index is 643. The zero-order chi connectivity index (χ0) is 16.4. The van der Waals surface area contributed by atoms with E-state index in [0.717, 1.165) is 18.4 Å². The Balaban J connectivity index is 1.61. The monoisotopic (exact) mass is 333 g/mol. The van der Waals surface area contributed by atoms with Gasteiger partial charge in [0.15, 0.2) is 0 Å². The van der Waals surface area contributed by atoms with Crippen LogP contribution in [0.1, 0.15) is 18.4 Å². The largest absolute Gasteiger partial charge is 0.481 e. The van der Waals surface area contributed by atoms with Crippen LogP contribution in [0.2, 0.25) is 5.02 Å². The highest BCUT2D eigenvalue weighted by Crippen LogP contribution is 2.45. The maximum Gasteiger partial charge on any atom is 0.307 e. The molecule has 0 radical (unpaired) electrons. The molecule has 2 N–H and O–H groups in total. The topological polar surface area (TPSA) is 66.4 Å². The molecule has 2 bridgehead atoms. The summed E-state index contributed by atoms with van der Waals surface area (Å²) in [6.07, 6.45) is 6.44. The molecule has 4 nitrogen and oxygen atoms in total. The second-order valence-electron chi connectivity index (χ2n) is 6.35. The molecule has 0 heterocycles. The van der Waals surface area contributed by atoms with Crippen molar-refractivity contribution in [3.05, 3.63) is 47.0 Å². The highest BCUT2D eigenvalue weighted by atomic mass is 35.5. The van der Waals surface area contributed by atoms with Crippen LogP contribution in [0.15, 0.2) is 36.4 Å².